The number of nitrogens with zero attached hydrogens (tertiary/aromatic N) is 2. The van der Waals surface area contributed by atoms with Gasteiger partial charge in [0.05, 0.1) is 7.11 Å². The fraction of sp³-hybridized carbons (Fsp3) is 0.579. The van der Waals surface area contributed by atoms with E-state index in [4.69, 9.17) is 4.74 Å². The number of benzene rings is 1. The molecule has 1 saturated heterocycles. The number of carbonyl (C=O) groups excluding carboxylic acids is 2. The zero-order valence-electron chi connectivity index (χ0n) is 15.6. The van der Waals surface area contributed by atoms with Crippen LogP contribution in [0.4, 0.5) is 0 Å². The largest absolute Gasteiger partial charge is 0.497 e. The van der Waals surface area contributed by atoms with Crippen molar-refractivity contribution >= 4 is 11.8 Å². The smallest absolute Gasteiger partial charge is 0.252 e. The Morgan fingerprint density at radius 1 is 1.20 bits per heavy atom. The molecule has 0 bridgehead atoms. The van der Waals surface area contributed by atoms with E-state index in [0.29, 0.717) is 36.7 Å². The first-order valence-corrected chi connectivity index (χ1v) is 8.83. The van der Waals surface area contributed by atoms with Crippen LogP contribution >= 0.6 is 0 Å². The second-order valence-corrected chi connectivity index (χ2v) is 7.02. The van der Waals surface area contributed by atoms with Gasteiger partial charge in [0, 0.05) is 31.7 Å². The van der Waals surface area contributed by atoms with Crippen LogP contribution in [0.3, 0.4) is 0 Å². The van der Waals surface area contributed by atoms with Crippen molar-refractivity contribution in [1.29, 1.82) is 0 Å². The molecule has 1 atom stereocenters. The molecule has 0 aromatic heterocycles. The maximum Gasteiger partial charge on any atom is 0.252 e. The van der Waals surface area contributed by atoms with Gasteiger partial charge in [0.1, 0.15) is 11.8 Å². The van der Waals surface area contributed by atoms with Crippen molar-refractivity contribution in [3.63, 3.8) is 0 Å². The Bertz CT molecular complexity index is 595. The molecule has 1 fully saturated rings. The maximum absolute atomic E-state index is 12.9. The zero-order valence-corrected chi connectivity index (χ0v) is 15.6. The van der Waals surface area contributed by atoms with Crippen molar-refractivity contribution in [3.05, 3.63) is 29.8 Å². The van der Waals surface area contributed by atoms with E-state index >= 15 is 0 Å². The Morgan fingerprint density at radius 3 is 2.48 bits per heavy atom. The van der Waals surface area contributed by atoms with Crippen LogP contribution in [-0.4, -0.2) is 68.0 Å². The third kappa shape index (κ3) is 5.46. The SMILES string of the molecule is COc1cccc(C(=O)N[C@H](CC(C)C)C(=O)N2CCN(C)CC2)c1. The van der Waals surface area contributed by atoms with E-state index in [9.17, 15) is 9.59 Å². The number of hydrogen-bond donors (Lipinski definition) is 1. The summed E-state index contributed by atoms with van der Waals surface area (Å²) in [5, 5.41) is 2.92. The van der Waals surface area contributed by atoms with Crippen LogP contribution in [0.1, 0.15) is 30.6 Å². The molecule has 0 spiro atoms. The lowest BCUT2D eigenvalue weighted by atomic mass is 10.0. The van der Waals surface area contributed by atoms with Crippen LogP contribution in [0, 0.1) is 5.92 Å². The highest BCUT2D eigenvalue weighted by Crippen LogP contribution is 2.14. The van der Waals surface area contributed by atoms with Crippen LogP contribution < -0.4 is 10.1 Å². The minimum atomic E-state index is -0.498. The number of likely N-dealkylation sites (N-methyl/N-ethyl adjacent to an activating group) is 1. The highest BCUT2D eigenvalue weighted by Gasteiger charge is 2.28. The average molecular weight is 347 g/mol. The van der Waals surface area contributed by atoms with Crippen molar-refractivity contribution in [2.24, 2.45) is 5.92 Å². The third-order valence-electron chi connectivity index (χ3n) is 4.46. The Kier molecular flexibility index (Phi) is 6.82. The fourth-order valence-corrected chi connectivity index (χ4v) is 2.95. The van der Waals surface area contributed by atoms with Gasteiger partial charge in [-0.3, -0.25) is 9.59 Å². The summed E-state index contributed by atoms with van der Waals surface area (Å²) in [5.74, 6) is 0.704. The molecular weight excluding hydrogens is 318 g/mol. The third-order valence-corrected chi connectivity index (χ3v) is 4.46. The van der Waals surface area contributed by atoms with E-state index < -0.39 is 6.04 Å². The van der Waals surface area contributed by atoms with Gasteiger partial charge < -0.3 is 19.9 Å². The molecule has 0 unspecified atom stereocenters. The van der Waals surface area contributed by atoms with Crippen molar-refractivity contribution < 1.29 is 14.3 Å². The molecule has 1 aliphatic heterocycles. The minimum Gasteiger partial charge on any atom is -0.497 e. The molecule has 0 radical (unpaired) electrons. The molecule has 1 aliphatic rings. The van der Waals surface area contributed by atoms with E-state index in [1.165, 1.54) is 0 Å². The maximum atomic E-state index is 12.9. The van der Waals surface area contributed by atoms with Gasteiger partial charge in [0.2, 0.25) is 5.91 Å². The summed E-state index contributed by atoms with van der Waals surface area (Å²) >= 11 is 0. The summed E-state index contributed by atoms with van der Waals surface area (Å²) in [6, 6.07) is 6.47. The molecule has 1 aromatic carbocycles. The quantitative estimate of drug-likeness (QED) is 0.849. The molecule has 1 N–H and O–H groups in total. The molecule has 1 heterocycles. The highest BCUT2D eigenvalue weighted by atomic mass is 16.5. The number of nitrogens with one attached hydrogen (secondary N) is 1. The first-order valence-electron chi connectivity index (χ1n) is 8.83. The van der Waals surface area contributed by atoms with E-state index in [1.54, 1.807) is 31.4 Å². The topological polar surface area (TPSA) is 61.9 Å². The first-order chi connectivity index (χ1) is 11.9. The van der Waals surface area contributed by atoms with Crippen LogP contribution in [0.15, 0.2) is 24.3 Å². The van der Waals surface area contributed by atoms with Crippen LogP contribution in [-0.2, 0) is 4.79 Å². The number of rotatable bonds is 6. The number of hydrogen-bond acceptors (Lipinski definition) is 4. The number of amides is 2. The average Bonchev–Trinajstić information content (AvgIpc) is 2.60. The van der Waals surface area contributed by atoms with Crippen LogP contribution in [0.5, 0.6) is 5.75 Å². The zero-order chi connectivity index (χ0) is 18.4. The van der Waals surface area contributed by atoms with Crippen molar-refractivity contribution in [1.82, 2.24) is 15.1 Å². The molecule has 138 valence electrons. The van der Waals surface area contributed by atoms with Gasteiger partial charge in [-0.2, -0.15) is 0 Å². The molecule has 25 heavy (non-hydrogen) atoms. The second-order valence-electron chi connectivity index (χ2n) is 7.02. The molecule has 6 nitrogen and oxygen atoms in total. The molecule has 2 rings (SSSR count). The van der Waals surface area contributed by atoms with Crippen LogP contribution in [0.2, 0.25) is 0 Å². The molecule has 2 amide bonds. The number of carbonyl (C=O) groups is 2. The molecule has 1 aromatic rings. The van der Waals surface area contributed by atoms with Crippen molar-refractivity contribution in [3.8, 4) is 5.75 Å². The van der Waals surface area contributed by atoms with E-state index in [2.05, 4.69) is 31.1 Å². The summed E-state index contributed by atoms with van der Waals surface area (Å²) in [5.41, 5.74) is 0.499. The second kappa shape index (κ2) is 8.85. The Hall–Kier alpha value is -2.08. The minimum absolute atomic E-state index is 0.0121. The van der Waals surface area contributed by atoms with E-state index in [-0.39, 0.29) is 11.8 Å². The van der Waals surface area contributed by atoms with Gasteiger partial charge in [0.15, 0.2) is 0 Å². The van der Waals surface area contributed by atoms with Gasteiger partial charge in [-0.1, -0.05) is 19.9 Å². The Labute approximate surface area is 150 Å². The molecule has 0 aliphatic carbocycles. The number of ether oxygens (including phenoxy) is 1. The molecule has 6 heteroatoms. The van der Waals surface area contributed by atoms with Crippen molar-refractivity contribution in [2.75, 3.05) is 40.3 Å². The molecular formula is C19H29N3O3. The Balaban J connectivity index is 2.08. The van der Waals surface area contributed by atoms with Crippen LogP contribution in [0.25, 0.3) is 0 Å². The van der Waals surface area contributed by atoms with Gasteiger partial charge in [0.25, 0.3) is 5.91 Å². The number of piperazine rings is 1. The first kappa shape index (κ1) is 19.2. The van der Waals surface area contributed by atoms with Gasteiger partial charge >= 0.3 is 0 Å². The predicted molar refractivity (Wildman–Crippen MR) is 97.8 cm³/mol. The Morgan fingerprint density at radius 2 is 1.88 bits per heavy atom. The predicted octanol–water partition coefficient (Wildman–Crippen LogP) is 1.61. The summed E-state index contributed by atoms with van der Waals surface area (Å²) in [6.07, 6.45) is 0.626. The van der Waals surface area contributed by atoms with Gasteiger partial charge in [-0.15, -0.1) is 0 Å². The van der Waals surface area contributed by atoms with Gasteiger partial charge in [-0.05, 0) is 37.6 Å². The standard InChI is InChI=1S/C19H29N3O3/c1-14(2)12-17(19(24)22-10-8-21(3)9-11-22)20-18(23)15-6-5-7-16(13-15)25-4/h5-7,13-14,17H,8-12H2,1-4H3,(H,20,23)/t17-/m1/s1. The van der Waals surface area contributed by atoms with E-state index in [1.807, 2.05) is 4.90 Å². The highest BCUT2D eigenvalue weighted by molar-refractivity contribution is 5.97. The van der Waals surface area contributed by atoms with Gasteiger partial charge in [-0.25, -0.2) is 0 Å². The normalized spacial score (nSPS) is 16.6. The monoisotopic (exact) mass is 347 g/mol. The number of methoxy groups -OCH3 is 1. The van der Waals surface area contributed by atoms with Crippen molar-refractivity contribution in [2.45, 2.75) is 26.3 Å². The summed E-state index contributed by atoms with van der Waals surface area (Å²) in [7, 11) is 3.62. The summed E-state index contributed by atoms with van der Waals surface area (Å²) in [4.78, 5) is 29.6. The summed E-state index contributed by atoms with van der Waals surface area (Å²) in [6.45, 7) is 7.26. The lowest BCUT2D eigenvalue weighted by Gasteiger charge is -2.35. The van der Waals surface area contributed by atoms with E-state index in [0.717, 1.165) is 13.1 Å². The lowest BCUT2D eigenvalue weighted by Crippen LogP contribution is -2.54. The lowest BCUT2D eigenvalue weighted by molar-refractivity contribution is -0.135. The molecule has 0 saturated carbocycles. The fourth-order valence-electron chi connectivity index (χ4n) is 2.95. The summed E-state index contributed by atoms with van der Waals surface area (Å²) < 4.78 is 5.17.